The summed E-state index contributed by atoms with van der Waals surface area (Å²) in [6.07, 6.45) is 0.871. The maximum atomic E-state index is 11.4. The third kappa shape index (κ3) is 1.48. The third-order valence-corrected chi connectivity index (χ3v) is 3.76. The fourth-order valence-corrected chi connectivity index (χ4v) is 2.92. The number of nitro benzene ring substituents is 2. The highest BCUT2D eigenvalue weighted by molar-refractivity contribution is 6.04. The van der Waals surface area contributed by atoms with E-state index < -0.39 is 21.2 Å². The lowest BCUT2D eigenvalue weighted by molar-refractivity contribution is -0.423. The molecule has 0 saturated heterocycles. The number of ether oxygens (including phenoxy) is 2. The maximum Gasteiger partial charge on any atom is 0.392 e. The van der Waals surface area contributed by atoms with Crippen molar-refractivity contribution < 1.29 is 19.3 Å². The minimum atomic E-state index is -0.809. The van der Waals surface area contributed by atoms with E-state index in [2.05, 4.69) is 10.2 Å². The van der Waals surface area contributed by atoms with Gasteiger partial charge in [-0.1, -0.05) is 0 Å². The fraction of sp³-hybridized carbons (Fsp3) is 0.333. The molecule has 0 atom stereocenters. The van der Waals surface area contributed by atoms with E-state index in [4.69, 9.17) is 9.47 Å². The Hall–Kier alpha value is -3.04. The average molecular weight is 304 g/mol. The smallest absolute Gasteiger partial charge is 0.392 e. The second-order valence-corrected chi connectivity index (χ2v) is 4.91. The predicted molar refractivity (Wildman–Crippen MR) is 71.2 cm³/mol. The standard InChI is InChI=1S/C12H8N4O6/c17-15(18)9-10(16(19)20)12-8-6(2-4-22-12)14-13-5-1-3-21-11(9)7(5)8/h1-4H2. The van der Waals surface area contributed by atoms with E-state index in [0.717, 1.165) is 0 Å². The number of hydrogen-bond donors (Lipinski definition) is 0. The zero-order valence-electron chi connectivity index (χ0n) is 11.1. The second kappa shape index (κ2) is 4.23. The minimum Gasteiger partial charge on any atom is -0.486 e. The molecular formula is C12H8N4O6. The Morgan fingerprint density at radius 3 is 1.59 bits per heavy atom. The Bertz CT molecular complexity index is 794. The summed E-state index contributed by atoms with van der Waals surface area (Å²) in [5, 5.41) is 31.7. The van der Waals surface area contributed by atoms with Gasteiger partial charge in [-0.05, 0) is 0 Å². The highest BCUT2D eigenvalue weighted by Gasteiger charge is 2.42. The van der Waals surface area contributed by atoms with Crippen LogP contribution in [-0.2, 0) is 12.8 Å². The third-order valence-electron chi connectivity index (χ3n) is 3.76. The van der Waals surface area contributed by atoms with Gasteiger partial charge in [0.25, 0.3) is 0 Å². The van der Waals surface area contributed by atoms with Crippen LogP contribution in [0.25, 0.3) is 10.8 Å². The lowest BCUT2D eigenvalue weighted by atomic mass is 9.98. The first-order chi connectivity index (χ1) is 10.6. The molecule has 3 heterocycles. The van der Waals surface area contributed by atoms with Crippen molar-refractivity contribution in [3.8, 4) is 11.5 Å². The number of aromatic nitrogens is 2. The summed E-state index contributed by atoms with van der Waals surface area (Å²) in [7, 11) is 0. The molecule has 0 radical (unpaired) electrons. The summed E-state index contributed by atoms with van der Waals surface area (Å²) >= 11 is 0. The molecule has 0 fully saturated rings. The Labute approximate surface area is 122 Å². The molecule has 1 aromatic carbocycles. The van der Waals surface area contributed by atoms with Crippen LogP contribution in [0.3, 0.4) is 0 Å². The first kappa shape index (κ1) is 12.7. The number of nitro groups is 2. The van der Waals surface area contributed by atoms with Gasteiger partial charge in [-0.25, -0.2) is 0 Å². The minimum absolute atomic E-state index is 0.113. The van der Waals surface area contributed by atoms with Crippen molar-refractivity contribution in [2.45, 2.75) is 12.8 Å². The molecule has 10 nitrogen and oxygen atoms in total. The molecule has 22 heavy (non-hydrogen) atoms. The summed E-state index contributed by atoms with van der Waals surface area (Å²) in [6.45, 7) is 0.322. The molecule has 10 heteroatoms. The molecule has 2 aromatic rings. The van der Waals surface area contributed by atoms with Crippen LogP contribution >= 0.6 is 0 Å². The van der Waals surface area contributed by atoms with Crippen molar-refractivity contribution >= 4 is 22.1 Å². The van der Waals surface area contributed by atoms with E-state index in [1.165, 1.54) is 0 Å². The summed E-state index contributed by atoms with van der Waals surface area (Å²) < 4.78 is 10.8. The summed E-state index contributed by atoms with van der Waals surface area (Å²) in [5.74, 6) is -0.225. The van der Waals surface area contributed by atoms with Crippen LogP contribution in [0.4, 0.5) is 11.4 Å². The van der Waals surface area contributed by atoms with Crippen LogP contribution in [-0.4, -0.2) is 33.3 Å². The molecule has 0 bridgehead atoms. The molecule has 0 saturated carbocycles. The lowest BCUT2D eigenvalue weighted by Crippen LogP contribution is -2.19. The molecule has 2 aliphatic heterocycles. The fourth-order valence-electron chi connectivity index (χ4n) is 2.92. The summed E-state index contributed by atoms with van der Waals surface area (Å²) in [6, 6.07) is 0. The van der Waals surface area contributed by atoms with Gasteiger partial charge in [0, 0.05) is 12.8 Å². The zero-order valence-corrected chi connectivity index (χ0v) is 11.1. The molecule has 4 rings (SSSR count). The largest absolute Gasteiger partial charge is 0.486 e. The van der Waals surface area contributed by atoms with Crippen molar-refractivity contribution in [2.24, 2.45) is 0 Å². The van der Waals surface area contributed by atoms with Gasteiger partial charge in [-0.15, -0.1) is 0 Å². The molecule has 0 N–H and O–H groups in total. The lowest BCUT2D eigenvalue weighted by Gasteiger charge is -2.22. The van der Waals surface area contributed by atoms with Crippen molar-refractivity contribution in [3.63, 3.8) is 0 Å². The average Bonchev–Trinajstić information content (AvgIpc) is 2.51. The Morgan fingerprint density at radius 2 is 1.23 bits per heavy atom. The van der Waals surface area contributed by atoms with Crippen molar-refractivity contribution in [1.82, 2.24) is 10.2 Å². The first-order valence-electron chi connectivity index (χ1n) is 6.52. The van der Waals surface area contributed by atoms with E-state index in [-0.39, 0.29) is 24.7 Å². The van der Waals surface area contributed by atoms with Gasteiger partial charge in [-0.3, -0.25) is 20.2 Å². The maximum absolute atomic E-state index is 11.4. The summed E-state index contributed by atoms with van der Waals surface area (Å²) in [5.41, 5.74) is -0.307. The predicted octanol–water partition coefficient (Wildman–Crippen LogP) is 1.32. The van der Waals surface area contributed by atoms with E-state index in [1.54, 1.807) is 0 Å². The quantitative estimate of drug-likeness (QED) is 0.599. The molecule has 0 spiro atoms. The SMILES string of the molecule is O=[N+]([O-])c1c([N+](=O)[O-])c2c3c(nnc4c3c1OCC4)CCO2. The Kier molecular flexibility index (Phi) is 2.44. The highest BCUT2D eigenvalue weighted by Crippen LogP contribution is 2.53. The number of hydrogen-bond acceptors (Lipinski definition) is 8. The van der Waals surface area contributed by atoms with Crippen molar-refractivity contribution in [3.05, 3.63) is 31.6 Å². The molecule has 112 valence electrons. The van der Waals surface area contributed by atoms with Gasteiger partial charge in [0.15, 0.2) is 0 Å². The number of rotatable bonds is 2. The highest BCUT2D eigenvalue weighted by atomic mass is 16.6. The van der Waals surface area contributed by atoms with Gasteiger partial charge in [0.2, 0.25) is 11.5 Å². The van der Waals surface area contributed by atoms with Crippen molar-refractivity contribution in [2.75, 3.05) is 13.2 Å². The first-order valence-corrected chi connectivity index (χ1v) is 6.52. The van der Waals surface area contributed by atoms with Gasteiger partial charge in [-0.2, -0.15) is 10.2 Å². The van der Waals surface area contributed by atoms with E-state index in [0.29, 0.717) is 35.0 Å². The topological polar surface area (TPSA) is 131 Å². The van der Waals surface area contributed by atoms with Gasteiger partial charge in [0.1, 0.15) is 0 Å². The second-order valence-electron chi connectivity index (χ2n) is 4.91. The van der Waals surface area contributed by atoms with Gasteiger partial charge >= 0.3 is 11.4 Å². The van der Waals surface area contributed by atoms with E-state index >= 15 is 0 Å². The van der Waals surface area contributed by atoms with Crippen LogP contribution in [0.2, 0.25) is 0 Å². The molecular weight excluding hydrogens is 296 g/mol. The van der Waals surface area contributed by atoms with Gasteiger partial charge in [0.05, 0.1) is 45.2 Å². The Balaban J connectivity index is 2.28. The monoisotopic (exact) mass is 304 g/mol. The molecule has 0 aliphatic carbocycles. The summed E-state index contributed by atoms with van der Waals surface area (Å²) in [4.78, 5) is 21.2. The van der Waals surface area contributed by atoms with Crippen LogP contribution in [0.1, 0.15) is 11.4 Å². The van der Waals surface area contributed by atoms with E-state index in [9.17, 15) is 20.2 Å². The normalized spacial score (nSPS) is 15.1. The van der Waals surface area contributed by atoms with Gasteiger partial charge < -0.3 is 9.47 Å². The molecule has 0 amide bonds. The number of nitrogens with zero attached hydrogens (tertiary/aromatic N) is 4. The van der Waals surface area contributed by atoms with E-state index in [1.807, 2.05) is 0 Å². The molecule has 1 aromatic heterocycles. The van der Waals surface area contributed by atoms with Crippen LogP contribution < -0.4 is 9.47 Å². The van der Waals surface area contributed by atoms with Crippen molar-refractivity contribution in [1.29, 1.82) is 0 Å². The zero-order chi connectivity index (χ0) is 15.4. The number of benzene rings is 1. The van der Waals surface area contributed by atoms with Crippen LogP contribution in [0.15, 0.2) is 0 Å². The molecule has 0 unspecified atom stereocenters. The Morgan fingerprint density at radius 1 is 0.818 bits per heavy atom. The van der Waals surface area contributed by atoms with Crippen LogP contribution in [0, 0.1) is 20.2 Å². The molecule has 2 aliphatic rings. The van der Waals surface area contributed by atoms with Crippen LogP contribution in [0.5, 0.6) is 11.5 Å².